The minimum absolute atomic E-state index is 0.0811. The van der Waals surface area contributed by atoms with Crippen molar-refractivity contribution < 1.29 is 23.7 Å². The topological polar surface area (TPSA) is 69.3 Å². The Kier molecular flexibility index (Phi) is 9.59. The predicted octanol–water partition coefficient (Wildman–Crippen LogP) is 4.35. The summed E-state index contributed by atoms with van der Waals surface area (Å²) in [5.41, 5.74) is 1.70. The van der Waals surface area contributed by atoms with Crippen LogP contribution in [0.3, 0.4) is 0 Å². The van der Waals surface area contributed by atoms with E-state index in [-0.39, 0.29) is 11.9 Å². The van der Waals surface area contributed by atoms with Gasteiger partial charge >= 0.3 is 0 Å². The molecule has 7 heteroatoms. The Morgan fingerprint density at radius 1 is 0.889 bits per heavy atom. The molecule has 1 saturated heterocycles. The summed E-state index contributed by atoms with van der Waals surface area (Å²) in [6.45, 7) is 6.71. The Balaban J connectivity index is 1.37. The molecule has 1 unspecified atom stereocenters. The van der Waals surface area contributed by atoms with Crippen molar-refractivity contribution >= 4 is 5.91 Å². The molecule has 190 valence electrons. The second-order valence-electron chi connectivity index (χ2n) is 8.39. The highest BCUT2D eigenvalue weighted by Gasteiger charge is 2.23. The molecule has 7 nitrogen and oxygen atoms in total. The molecule has 1 aliphatic heterocycles. The van der Waals surface area contributed by atoms with Gasteiger partial charge in [0, 0.05) is 25.2 Å². The van der Waals surface area contributed by atoms with Crippen molar-refractivity contribution in [1.82, 2.24) is 10.2 Å². The molecule has 0 radical (unpaired) electrons. The SMILES string of the molecule is CCOc1cc(C(=O)NCC(c2ccccc2)N2CCOCC2)ccc1OCCOc1ccccc1. The minimum atomic E-state index is -0.149. The van der Waals surface area contributed by atoms with E-state index in [9.17, 15) is 4.79 Å². The lowest BCUT2D eigenvalue weighted by Gasteiger charge is -2.35. The van der Waals surface area contributed by atoms with Crippen molar-refractivity contribution in [2.45, 2.75) is 13.0 Å². The number of carbonyl (C=O) groups is 1. The van der Waals surface area contributed by atoms with E-state index < -0.39 is 0 Å². The number of para-hydroxylation sites is 1. The van der Waals surface area contributed by atoms with Gasteiger partial charge in [0.05, 0.1) is 25.9 Å². The van der Waals surface area contributed by atoms with Gasteiger partial charge in [0.1, 0.15) is 19.0 Å². The van der Waals surface area contributed by atoms with Gasteiger partial charge < -0.3 is 24.3 Å². The molecule has 0 aromatic heterocycles. The molecule has 36 heavy (non-hydrogen) atoms. The average Bonchev–Trinajstić information content (AvgIpc) is 2.93. The van der Waals surface area contributed by atoms with Crippen LogP contribution in [0.25, 0.3) is 0 Å². The lowest BCUT2D eigenvalue weighted by molar-refractivity contribution is 0.0162. The zero-order chi connectivity index (χ0) is 25.0. The van der Waals surface area contributed by atoms with E-state index >= 15 is 0 Å². The number of hydrogen-bond acceptors (Lipinski definition) is 6. The lowest BCUT2D eigenvalue weighted by Crippen LogP contribution is -2.43. The molecular formula is C29H34N2O5. The first-order chi connectivity index (χ1) is 17.7. The Labute approximate surface area is 212 Å². The van der Waals surface area contributed by atoms with Gasteiger partial charge in [-0.2, -0.15) is 0 Å². The summed E-state index contributed by atoms with van der Waals surface area (Å²) < 4.78 is 22.9. The summed E-state index contributed by atoms with van der Waals surface area (Å²) in [6.07, 6.45) is 0. The van der Waals surface area contributed by atoms with Crippen molar-refractivity contribution in [3.05, 3.63) is 90.0 Å². The highest BCUT2D eigenvalue weighted by atomic mass is 16.5. The van der Waals surface area contributed by atoms with Crippen LogP contribution in [0.2, 0.25) is 0 Å². The van der Waals surface area contributed by atoms with Gasteiger partial charge in [0.25, 0.3) is 5.91 Å². The van der Waals surface area contributed by atoms with Gasteiger partial charge in [-0.25, -0.2) is 0 Å². The molecule has 0 spiro atoms. The van der Waals surface area contributed by atoms with E-state index in [2.05, 4.69) is 22.3 Å². The summed E-state index contributed by atoms with van der Waals surface area (Å²) in [4.78, 5) is 15.4. The fraction of sp³-hybridized carbons (Fsp3) is 0.345. The van der Waals surface area contributed by atoms with Crippen LogP contribution in [-0.4, -0.2) is 63.5 Å². The molecule has 1 amide bonds. The first-order valence-electron chi connectivity index (χ1n) is 12.5. The number of rotatable bonds is 12. The largest absolute Gasteiger partial charge is 0.490 e. The van der Waals surface area contributed by atoms with Gasteiger partial charge in [-0.15, -0.1) is 0 Å². The molecule has 1 heterocycles. The van der Waals surface area contributed by atoms with Crippen molar-refractivity contribution in [2.24, 2.45) is 0 Å². The highest BCUT2D eigenvalue weighted by molar-refractivity contribution is 5.94. The summed E-state index contributed by atoms with van der Waals surface area (Å²) >= 11 is 0. The van der Waals surface area contributed by atoms with Gasteiger partial charge in [-0.1, -0.05) is 48.5 Å². The summed E-state index contributed by atoms with van der Waals surface area (Å²) in [7, 11) is 0. The predicted molar refractivity (Wildman–Crippen MR) is 139 cm³/mol. The van der Waals surface area contributed by atoms with E-state index in [1.54, 1.807) is 18.2 Å². The number of nitrogens with zero attached hydrogens (tertiary/aromatic N) is 1. The van der Waals surface area contributed by atoms with Crippen LogP contribution in [0.1, 0.15) is 28.9 Å². The van der Waals surface area contributed by atoms with Crippen molar-refractivity contribution in [2.75, 3.05) is 52.7 Å². The van der Waals surface area contributed by atoms with Gasteiger partial charge in [-0.05, 0) is 42.8 Å². The van der Waals surface area contributed by atoms with E-state index in [0.717, 1.165) is 18.8 Å². The molecule has 0 aliphatic carbocycles. The summed E-state index contributed by atoms with van der Waals surface area (Å²) in [6, 6.07) is 25.2. The third kappa shape index (κ3) is 7.23. The Bertz CT molecular complexity index is 1070. The van der Waals surface area contributed by atoms with Crippen LogP contribution in [0.15, 0.2) is 78.9 Å². The first kappa shape index (κ1) is 25.5. The third-order valence-electron chi connectivity index (χ3n) is 5.99. The maximum absolute atomic E-state index is 13.1. The molecule has 0 bridgehead atoms. The van der Waals surface area contributed by atoms with Crippen LogP contribution < -0.4 is 19.5 Å². The quantitative estimate of drug-likeness (QED) is 0.381. The zero-order valence-corrected chi connectivity index (χ0v) is 20.7. The lowest BCUT2D eigenvalue weighted by atomic mass is 10.0. The Hall–Kier alpha value is -3.55. The van der Waals surface area contributed by atoms with Crippen molar-refractivity contribution in [1.29, 1.82) is 0 Å². The van der Waals surface area contributed by atoms with E-state index in [0.29, 0.717) is 56.6 Å². The maximum atomic E-state index is 13.1. The molecule has 1 atom stereocenters. The Morgan fingerprint density at radius 3 is 2.31 bits per heavy atom. The fourth-order valence-corrected chi connectivity index (χ4v) is 4.18. The van der Waals surface area contributed by atoms with E-state index in [4.69, 9.17) is 18.9 Å². The summed E-state index contributed by atoms with van der Waals surface area (Å²) in [5.74, 6) is 1.77. The third-order valence-corrected chi connectivity index (χ3v) is 5.99. The number of morpholine rings is 1. The number of nitrogens with one attached hydrogen (secondary N) is 1. The number of hydrogen-bond donors (Lipinski definition) is 1. The molecule has 4 rings (SSSR count). The van der Waals surface area contributed by atoms with Crippen molar-refractivity contribution in [3.8, 4) is 17.2 Å². The number of benzene rings is 3. The highest BCUT2D eigenvalue weighted by Crippen LogP contribution is 2.29. The second-order valence-corrected chi connectivity index (χ2v) is 8.39. The maximum Gasteiger partial charge on any atom is 0.251 e. The van der Waals surface area contributed by atoms with Gasteiger partial charge in [-0.3, -0.25) is 9.69 Å². The van der Waals surface area contributed by atoms with Crippen LogP contribution in [0, 0.1) is 0 Å². The van der Waals surface area contributed by atoms with Crippen molar-refractivity contribution in [3.63, 3.8) is 0 Å². The molecular weight excluding hydrogens is 456 g/mol. The smallest absolute Gasteiger partial charge is 0.251 e. The molecule has 1 N–H and O–H groups in total. The zero-order valence-electron chi connectivity index (χ0n) is 20.7. The van der Waals surface area contributed by atoms with E-state index in [1.165, 1.54) is 5.56 Å². The molecule has 3 aromatic carbocycles. The standard InChI is InChI=1S/C29H34N2O5/c1-2-34-28-21-24(13-14-27(28)36-20-19-35-25-11-7-4-8-12-25)29(32)30-22-26(23-9-5-3-6-10-23)31-15-17-33-18-16-31/h3-14,21,26H,2,15-20,22H2,1H3,(H,30,32). The Morgan fingerprint density at radius 2 is 1.58 bits per heavy atom. The van der Waals surface area contributed by atoms with Gasteiger partial charge in [0.15, 0.2) is 11.5 Å². The monoisotopic (exact) mass is 490 g/mol. The normalized spacial score (nSPS) is 14.6. The van der Waals surface area contributed by atoms with Crippen LogP contribution in [0.4, 0.5) is 0 Å². The fourth-order valence-electron chi connectivity index (χ4n) is 4.18. The summed E-state index contributed by atoms with van der Waals surface area (Å²) in [5, 5.41) is 3.12. The van der Waals surface area contributed by atoms with E-state index in [1.807, 2.05) is 55.5 Å². The van der Waals surface area contributed by atoms with Crippen LogP contribution >= 0.6 is 0 Å². The molecule has 1 fully saturated rings. The molecule has 1 aliphatic rings. The molecule has 0 saturated carbocycles. The van der Waals surface area contributed by atoms with Gasteiger partial charge in [0.2, 0.25) is 0 Å². The van der Waals surface area contributed by atoms with Crippen LogP contribution in [-0.2, 0) is 4.74 Å². The number of carbonyl (C=O) groups excluding carboxylic acids is 1. The minimum Gasteiger partial charge on any atom is -0.490 e. The number of ether oxygens (including phenoxy) is 4. The first-order valence-corrected chi connectivity index (χ1v) is 12.5. The molecule has 3 aromatic rings. The second kappa shape index (κ2) is 13.5. The van der Waals surface area contributed by atoms with Crippen LogP contribution in [0.5, 0.6) is 17.2 Å². The average molecular weight is 491 g/mol. The number of amides is 1.